The van der Waals surface area contributed by atoms with Crippen LogP contribution >= 0.6 is 0 Å². The lowest BCUT2D eigenvalue weighted by Crippen LogP contribution is -2.35. The number of aliphatic hydroxyl groups excluding tert-OH is 1. The van der Waals surface area contributed by atoms with Crippen LogP contribution in [0.3, 0.4) is 0 Å². The molecule has 2 amide bonds. The number of amides is 2. The van der Waals surface area contributed by atoms with Gasteiger partial charge < -0.3 is 29.9 Å². The molecule has 0 bridgehead atoms. The second-order valence-corrected chi connectivity index (χ2v) is 10.3. The second kappa shape index (κ2) is 16.1. The fraction of sp³-hybridized carbons (Fsp3) is 0.250. The molecular formula is C36H38N2O7. The predicted molar refractivity (Wildman–Crippen MR) is 172 cm³/mol. The summed E-state index contributed by atoms with van der Waals surface area (Å²) < 4.78 is 11.1. The van der Waals surface area contributed by atoms with E-state index in [2.05, 4.69) is 5.32 Å². The van der Waals surface area contributed by atoms with E-state index in [0.29, 0.717) is 46.8 Å². The Morgan fingerprint density at radius 1 is 0.822 bits per heavy atom. The molecule has 9 nitrogen and oxygen atoms in total. The standard InChI is InChI=1S/C36H38N2O7/c1-3-45-33-23-25(17-18-32(33)44-2)19-21-38(22-20-34(40)41)36(43)30-16-10-8-14-28(30)27-13-7-9-15-29(27)35(42)37-31(24-39)26-11-5-4-6-12-26/h4-18,23,31,39H,3,19-22,24H2,1-2H3,(H,37,42)(H,40,41)/t31-/m0/s1. The van der Waals surface area contributed by atoms with E-state index in [0.717, 1.165) is 11.1 Å². The van der Waals surface area contributed by atoms with E-state index in [1.54, 1.807) is 61.7 Å². The molecule has 234 valence electrons. The highest BCUT2D eigenvalue weighted by molar-refractivity contribution is 6.06. The fourth-order valence-electron chi connectivity index (χ4n) is 5.10. The molecule has 9 heteroatoms. The van der Waals surface area contributed by atoms with E-state index in [9.17, 15) is 24.6 Å². The molecule has 0 spiro atoms. The van der Waals surface area contributed by atoms with Crippen molar-refractivity contribution in [2.24, 2.45) is 0 Å². The van der Waals surface area contributed by atoms with Gasteiger partial charge in [-0.1, -0.05) is 72.8 Å². The number of aliphatic hydroxyl groups is 1. The first kappa shape index (κ1) is 32.8. The molecule has 0 aliphatic rings. The van der Waals surface area contributed by atoms with Crippen molar-refractivity contribution in [3.8, 4) is 22.6 Å². The van der Waals surface area contributed by atoms with Crippen LogP contribution in [0.5, 0.6) is 11.5 Å². The zero-order chi connectivity index (χ0) is 32.2. The van der Waals surface area contributed by atoms with Crippen molar-refractivity contribution in [2.45, 2.75) is 25.8 Å². The van der Waals surface area contributed by atoms with Gasteiger partial charge in [-0.15, -0.1) is 0 Å². The number of methoxy groups -OCH3 is 1. The Hall–Kier alpha value is -5.15. The quantitative estimate of drug-likeness (QED) is 0.165. The van der Waals surface area contributed by atoms with Crippen molar-refractivity contribution < 1.29 is 34.1 Å². The Morgan fingerprint density at radius 3 is 2.11 bits per heavy atom. The third-order valence-electron chi connectivity index (χ3n) is 7.39. The van der Waals surface area contributed by atoms with E-state index in [1.165, 1.54) is 4.90 Å². The number of benzene rings is 4. The number of carboxylic acid groups (broad SMARTS) is 1. The van der Waals surface area contributed by atoms with Crippen molar-refractivity contribution in [3.05, 3.63) is 119 Å². The molecule has 0 aromatic heterocycles. The lowest BCUT2D eigenvalue weighted by Gasteiger charge is -2.24. The number of ether oxygens (including phenoxy) is 2. The normalized spacial score (nSPS) is 11.4. The number of nitrogens with one attached hydrogen (secondary N) is 1. The van der Waals surface area contributed by atoms with Gasteiger partial charge in [-0.3, -0.25) is 14.4 Å². The van der Waals surface area contributed by atoms with E-state index in [1.807, 2.05) is 49.4 Å². The van der Waals surface area contributed by atoms with Gasteiger partial charge in [0.05, 0.1) is 32.8 Å². The minimum Gasteiger partial charge on any atom is -0.493 e. The summed E-state index contributed by atoms with van der Waals surface area (Å²) in [6.07, 6.45) is 0.236. The molecule has 45 heavy (non-hydrogen) atoms. The molecule has 0 saturated heterocycles. The Morgan fingerprint density at radius 2 is 1.47 bits per heavy atom. The van der Waals surface area contributed by atoms with Crippen LogP contribution in [0.2, 0.25) is 0 Å². The van der Waals surface area contributed by atoms with Gasteiger partial charge in [0.15, 0.2) is 11.5 Å². The molecule has 0 radical (unpaired) electrons. The molecular weight excluding hydrogens is 572 g/mol. The molecule has 0 heterocycles. The maximum absolute atomic E-state index is 14.1. The van der Waals surface area contributed by atoms with E-state index in [4.69, 9.17) is 9.47 Å². The van der Waals surface area contributed by atoms with Crippen LogP contribution in [-0.4, -0.2) is 66.3 Å². The number of carbonyl (C=O) groups is 3. The summed E-state index contributed by atoms with van der Waals surface area (Å²) in [5.74, 6) is -0.564. The number of carbonyl (C=O) groups excluding carboxylic acids is 2. The van der Waals surface area contributed by atoms with Gasteiger partial charge in [-0.05, 0) is 59.9 Å². The molecule has 0 aliphatic carbocycles. The summed E-state index contributed by atoms with van der Waals surface area (Å²) in [5.41, 5.74) is 3.43. The molecule has 0 saturated carbocycles. The van der Waals surface area contributed by atoms with Gasteiger partial charge in [-0.25, -0.2) is 0 Å². The number of rotatable bonds is 15. The Balaban J connectivity index is 1.63. The van der Waals surface area contributed by atoms with Crippen molar-refractivity contribution in [1.82, 2.24) is 10.2 Å². The molecule has 1 atom stereocenters. The van der Waals surface area contributed by atoms with Crippen molar-refractivity contribution in [3.63, 3.8) is 0 Å². The maximum Gasteiger partial charge on any atom is 0.305 e. The van der Waals surface area contributed by atoms with Gasteiger partial charge in [-0.2, -0.15) is 0 Å². The second-order valence-electron chi connectivity index (χ2n) is 10.3. The summed E-state index contributed by atoms with van der Waals surface area (Å²) >= 11 is 0. The first-order valence-corrected chi connectivity index (χ1v) is 14.8. The van der Waals surface area contributed by atoms with Gasteiger partial charge in [0.25, 0.3) is 11.8 Å². The van der Waals surface area contributed by atoms with Gasteiger partial charge in [0, 0.05) is 24.2 Å². The number of aliphatic carboxylic acids is 1. The smallest absolute Gasteiger partial charge is 0.305 e. The largest absolute Gasteiger partial charge is 0.493 e. The fourth-order valence-corrected chi connectivity index (χ4v) is 5.10. The SMILES string of the molecule is CCOc1cc(CCN(CCC(=O)O)C(=O)c2ccccc2-c2ccccc2C(=O)N[C@@H](CO)c2ccccc2)ccc1OC. The molecule has 3 N–H and O–H groups in total. The number of hydrogen-bond acceptors (Lipinski definition) is 6. The summed E-state index contributed by atoms with van der Waals surface area (Å²) in [6.45, 7) is 2.33. The summed E-state index contributed by atoms with van der Waals surface area (Å²) in [5, 5.41) is 22.3. The highest BCUT2D eigenvalue weighted by Gasteiger charge is 2.24. The highest BCUT2D eigenvalue weighted by Crippen LogP contribution is 2.30. The van der Waals surface area contributed by atoms with Gasteiger partial charge >= 0.3 is 5.97 Å². The van der Waals surface area contributed by atoms with Crippen LogP contribution in [0.15, 0.2) is 97.1 Å². The van der Waals surface area contributed by atoms with E-state index >= 15 is 0 Å². The van der Waals surface area contributed by atoms with Crippen LogP contribution in [0.4, 0.5) is 0 Å². The van der Waals surface area contributed by atoms with E-state index in [-0.39, 0.29) is 32.0 Å². The van der Waals surface area contributed by atoms with Crippen LogP contribution < -0.4 is 14.8 Å². The zero-order valence-electron chi connectivity index (χ0n) is 25.4. The third kappa shape index (κ3) is 8.49. The minimum atomic E-state index is -1.01. The minimum absolute atomic E-state index is 0.00829. The zero-order valence-corrected chi connectivity index (χ0v) is 25.4. The topological polar surface area (TPSA) is 125 Å². The van der Waals surface area contributed by atoms with E-state index < -0.39 is 17.9 Å². The van der Waals surface area contributed by atoms with Gasteiger partial charge in [0.1, 0.15) is 0 Å². The lowest BCUT2D eigenvalue weighted by atomic mass is 9.94. The molecule has 4 rings (SSSR count). The average Bonchev–Trinajstić information content (AvgIpc) is 3.07. The summed E-state index contributed by atoms with van der Waals surface area (Å²) in [6, 6.07) is 28.1. The van der Waals surface area contributed by atoms with Crippen LogP contribution in [0, 0.1) is 0 Å². The van der Waals surface area contributed by atoms with Crippen LogP contribution in [-0.2, 0) is 11.2 Å². The highest BCUT2D eigenvalue weighted by atomic mass is 16.5. The maximum atomic E-state index is 14.1. The number of carboxylic acids is 1. The number of nitrogens with zero attached hydrogens (tertiary/aromatic N) is 1. The molecule has 0 aliphatic heterocycles. The number of hydrogen-bond donors (Lipinski definition) is 3. The Labute approximate surface area is 263 Å². The predicted octanol–water partition coefficient (Wildman–Crippen LogP) is 5.38. The molecule has 0 unspecified atom stereocenters. The molecule has 0 fully saturated rings. The third-order valence-corrected chi connectivity index (χ3v) is 7.39. The van der Waals surface area contributed by atoms with Crippen LogP contribution in [0.1, 0.15) is 51.2 Å². The first-order chi connectivity index (χ1) is 21.9. The first-order valence-electron chi connectivity index (χ1n) is 14.8. The Kier molecular flexibility index (Phi) is 11.7. The van der Waals surface area contributed by atoms with Crippen LogP contribution in [0.25, 0.3) is 11.1 Å². The summed E-state index contributed by atoms with van der Waals surface area (Å²) in [7, 11) is 1.57. The molecule has 4 aromatic rings. The monoisotopic (exact) mass is 610 g/mol. The van der Waals surface area contributed by atoms with Crippen molar-refractivity contribution >= 4 is 17.8 Å². The van der Waals surface area contributed by atoms with Gasteiger partial charge in [0.2, 0.25) is 0 Å². The molecule has 4 aromatic carbocycles. The lowest BCUT2D eigenvalue weighted by molar-refractivity contribution is -0.137. The van der Waals surface area contributed by atoms with Crippen molar-refractivity contribution in [2.75, 3.05) is 33.4 Å². The Bertz CT molecular complexity index is 1610. The van der Waals surface area contributed by atoms with Crippen molar-refractivity contribution in [1.29, 1.82) is 0 Å². The average molecular weight is 611 g/mol. The summed E-state index contributed by atoms with van der Waals surface area (Å²) in [4.78, 5) is 40.7.